The van der Waals surface area contributed by atoms with Gasteiger partial charge in [0.25, 0.3) is 5.91 Å². The molecule has 2 aromatic carbocycles. The molecule has 0 fully saturated rings. The third-order valence-corrected chi connectivity index (χ3v) is 4.00. The summed E-state index contributed by atoms with van der Waals surface area (Å²) in [7, 11) is 1.76. The minimum atomic E-state index is -0.117. The van der Waals surface area contributed by atoms with Gasteiger partial charge in [-0.1, -0.05) is 39.7 Å². The number of carbonyl (C=O) groups excluding carboxylic acids is 1. The monoisotopic (exact) mass is 369 g/mol. The van der Waals surface area contributed by atoms with Crippen molar-refractivity contribution in [2.24, 2.45) is 0 Å². The molecule has 0 radical (unpaired) electrons. The van der Waals surface area contributed by atoms with Crippen molar-refractivity contribution >= 4 is 46.1 Å². The molecule has 5 heteroatoms. The molecule has 0 aliphatic rings. The van der Waals surface area contributed by atoms with E-state index in [1.165, 1.54) is 0 Å². The van der Waals surface area contributed by atoms with E-state index in [1.807, 2.05) is 24.3 Å². The molecule has 20 heavy (non-hydrogen) atoms. The minimum Gasteiger partial charge on any atom is -0.337 e. The molecule has 0 saturated carbocycles. The Morgan fingerprint density at radius 1 is 1.25 bits per heavy atom. The van der Waals surface area contributed by atoms with Crippen LogP contribution in [0.25, 0.3) is 0 Å². The second-order valence-electron chi connectivity index (χ2n) is 4.45. The fourth-order valence-electron chi connectivity index (χ4n) is 1.82. The Morgan fingerprint density at radius 2 is 1.90 bits per heavy atom. The van der Waals surface area contributed by atoms with Gasteiger partial charge >= 0.3 is 0 Å². The number of rotatable bonds is 3. The Bertz CT molecular complexity index is 630. The Hall–Kier alpha value is -0.970. The lowest BCUT2D eigenvalue weighted by molar-refractivity contribution is 0.0785. The molecule has 0 bridgehead atoms. The summed E-state index contributed by atoms with van der Waals surface area (Å²) < 4.78 is 1.01. The highest BCUT2D eigenvalue weighted by molar-refractivity contribution is 9.10. The minimum absolute atomic E-state index is 0.117. The molecule has 0 unspecified atom stereocenters. The molecule has 0 aliphatic heterocycles. The van der Waals surface area contributed by atoms with Crippen molar-refractivity contribution in [3.8, 4) is 0 Å². The third kappa shape index (κ3) is 3.78. The molecule has 0 saturated heterocycles. The van der Waals surface area contributed by atoms with E-state index in [4.69, 9.17) is 11.6 Å². The predicted molar refractivity (Wildman–Crippen MR) is 88.6 cm³/mol. The molecule has 0 atom stereocenters. The summed E-state index contributed by atoms with van der Waals surface area (Å²) in [5.41, 5.74) is 1.53. The van der Waals surface area contributed by atoms with E-state index in [0.29, 0.717) is 17.1 Å². The van der Waals surface area contributed by atoms with Crippen molar-refractivity contribution in [1.29, 1.82) is 0 Å². The molecule has 0 aromatic heterocycles. The summed E-state index contributed by atoms with van der Waals surface area (Å²) in [6, 6.07) is 13.0. The highest BCUT2D eigenvalue weighted by Crippen LogP contribution is 2.21. The fourth-order valence-corrected chi connectivity index (χ4v) is 2.48. The Balaban J connectivity index is 2.16. The standard InChI is InChI=1S/C15H13BrClNOS/c1-18(9-10-2-4-11(16)5-3-10)15(19)13-8-12(20)6-7-14(13)17/h2-8,20H,9H2,1H3. The van der Waals surface area contributed by atoms with Crippen LogP contribution in [-0.4, -0.2) is 17.9 Å². The average molecular weight is 371 g/mol. The van der Waals surface area contributed by atoms with Gasteiger partial charge in [0.2, 0.25) is 0 Å². The lowest BCUT2D eigenvalue weighted by Gasteiger charge is -2.18. The second kappa shape index (κ2) is 6.66. The maximum atomic E-state index is 12.4. The quantitative estimate of drug-likeness (QED) is 0.779. The lowest BCUT2D eigenvalue weighted by Crippen LogP contribution is -2.26. The van der Waals surface area contributed by atoms with Crippen LogP contribution < -0.4 is 0 Å². The van der Waals surface area contributed by atoms with E-state index < -0.39 is 0 Å². The molecule has 2 rings (SSSR count). The Kier molecular flexibility index (Phi) is 5.13. The molecular formula is C15H13BrClNOS. The number of amides is 1. The summed E-state index contributed by atoms with van der Waals surface area (Å²) in [5, 5.41) is 0.440. The van der Waals surface area contributed by atoms with Crippen molar-refractivity contribution in [2.75, 3.05) is 7.05 Å². The number of thiol groups is 1. The van der Waals surface area contributed by atoms with Crippen LogP contribution in [0, 0.1) is 0 Å². The SMILES string of the molecule is CN(Cc1ccc(Br)cc1)C(=O)c1cc(S)ccc1Cl. The van der Waals surface area contributed by atoms with Crippen molar-refractivity contribution in [2.45, 2.75) is 11.4 Å². The van der Waals surface area contributed by atoms with E-state index in [2.05, 4.69) is 28.6 Å². The zero-order valence-corrected chi connectivity index (χ0v) is 14.0. The molecule has 1 amide bonds. The average Bonchev–Trinajstić information content (AvgIpc) is 2.43. The number of carbonyl (C=O) groups is 1. The number of nitrogens with zero attached hydrogens (tertiary/aromatic N) is 1. The first-order valence-electron chi connectivity index (χ1n) is 5.96. The van der Waals surface area contributed by atoms with Gasteiger partial charge in [-0.05, 0) is 35.9 Å². The van der Waals surface area contributed by atoms with Crippen LogP contribution in [0.15, 0.2) is 51.8 Å². The lowest BCUT2D eigenvalue weighted by atomic mass is 10.1. The molecule has 2 nitrogen and oxygen atoms in total. The summed E-state index contributed by atoms with van der Waals surface area (Å²) >= 11 is 13.7. The van der Waals surface area contributed by atoms with Gasteiger partial charge in [-0.2, -0.15) is 0 Å². The predicted octanol–water partition coefficient (Wildman–Crippen LogP) is 4.66. The normalized spacial score (nSPS) is 10.4. The third-order valence-electron chi connectivity index (χ3n) is 2.86. The van der Waals surface area contributed by atoms with E-state index in [0.717, 1.165) is 14.9 Å². The van der Waals surface area contributed by atoms with Gasteiger partial charge in [0.1, 0.15) is 0 Å². The van der Waals surface area contributed by atoms with Gasteiger partial charge < -0.3 is 4.90 Å². The number of hydrogen-bond donors (Lipinski definition) is 1. The van der Waals surface area contributed by atoms with Crippen LogP contribution >= 0.6 is 40.2 Å². The molecule has 2 aromatic rings. The van der Waals surface area contributed by atoms with Crippen molar-refractivity contribution in [3.63, 3.8) is 0 Å². The first-order chi connectivity index (χ1) is 9.47. The number of halogens is 2. The maximum Gasteiger partial charge on any atom is 0.255 e. The molecular weight excluding hydrogens is 358 g/mol. The van der Waals surface area contributed by atoms with Gasteiger partial charge in [0, 0.05) is 23.0 Å². The largest absolute Gasteiger partial charge is 0.337 e. The molecule has 0 spiro atoms. The van der Waals surface area contributed by atoms with Crippen molar-refractivity contribution < 1.29 is 4.79 Å². The number of hydrogen-bond acceptors (Lipinski definition) is 2. The van der Waals surface area contributed by atoms with Crippen LogP contribution in [0.2, 0.25) is 5.02 Å². The summed E-state index contributed by atoms with van der Waals surface area (Å²) in [4.78, 5) is 14.7. The Labute approximate surface area is 137 Å². The number of benzene rings is 2. The fraction of sp³-hybridized carbons (Fsp3) is 0.133. The first-order valence-corrected chi connectivity index (χ1v) is 7.57. The van der Waals surface area contributed by atoms with Gasteiger partial charge in [-0.25, -0.2) is 0 Å². The smallest absolute Gasteiger partial charge is 0.255 e. The zero-order chi connectivity index (χ0) is 14.7. The van der Waals surface area contributed by atoms with E-state index in [9.17, 15) is 4.79 Å². The van der Waals surface area contributed by atoms with E-state index in [1.54, 1.807) is 30.1 Å². The van der Waals surface area contributed by atoms with Gasteiger partial charge in [-0.15, -0.1) is 12.6 Å². The molecule has 0 heterocycles. The highest BCUT2D eigenvalue weighted by atomic mass is 79.9. The van der Waals surface area contributed by atoms with Crippen LogP contribution in [0.3, 0.4) is 0 Å². The van der Waals surface area contributed by atoms with Gasteiger partial charge in [-0.3, -0.25) is 4.79 Å². The second-order valence-corrected chi connectivity index (χ2v) is 6.29. The van der Waals surface area contributed by atoms with Crippen LogP contribution in [-0.2, 0) is 6.54 Å². The van der Waals surface area contributed by atoms with E-state index in [-0.39, 0.29) is 5.91 Å². The van der Waals surface area contributed by atoms with Gasteiger partial charge in [0.05, 0.1) is 10.6 Å². The highest BCUT2D eigenvalue weighted by Gasteiger charge is 2.15. The maximum absolute atomic E-state index is 12.4. The Morgan fingerprint density at radius 3 is 2.55 bits per heavy atom. The zero-order valence-electron chi connectivity index (χ0n) is 10.8. The summed E-state index contributed by atoms with van der Waals surface area (Å²) in [5.74, 6) is -0.117. The van der Waals surface area contributed by atoms with Crippen LogP contribution in [0.5, 0.6) is 0 Å². The van der Waals surface area contributed by atoms with Gasteiger partial charge in [0.15, 0.2) is 0 Å². The topological polar surface area (TPSA) is 20.3 Å². The molecule has 104 valence electrons. The van der Waals surface area contributed by atoms with Crippen molar-refractivity contribution in [3.05, 3.63) is 63.1 Å². The van der Waals surface area contributed by atoms with Crippen molar-refractivity contribution in [1.82, 2.24) is 4.90 Å². The van der Waals surface area contributed by atoms with Crippen LogP contribution in [0.4, 0.5) is 0 Å². The first kappa shape index (κ1) is 15.4. The van der Waals surface area contributed by atoms with Crippen LogP contribution in [0.1, 0.15) is 15.9 Å². The molecule has 0 N–H and O–H groups in total. The molecule has 0 aliphatic carbocycles. The van der Waals surface area contributed by atoms with E-state index >= 15 is 0 Å². The summed E-state index contributed by atoms with van der Waals surface area (Å²) in [6.45, 7) is 0.527. The summed E-state index contributed by atoms with van der Waals surface area (Å²) in [6.07, 6.45) is 0.